The summed E-state index contributed by atoms with van der Waals surface area (Å²) < 4.78 is 0.962. The molecule has 19 heavy (non-hydrogen) atoms. The zero-order chi connectivity index (χ0) is 13.9. The van der Waals surface area contributed by atoms with Crippen molar-refractivity contribution in [2.24, 2.45) is 0 Å². The zero-order valence-corrected chi connectivity index (χ0v) is 13.5. The summed E-state index contributed by atoms with van der Waals surface area (Å²) in [6.45, 7) is 2.01. The van der Waals surface area contributed by atoms with Gasteiger partial charge >= 0.3 is 0 Å². The molecule has 1 N–H and O–H groups in total. The van der Waals surface area contributed by atoms with E-state index in [1.54, 1.807) is 0 Å². The molecule has 1 aromatic rings. The lowest BCUT2D eigenvalue weighted by Gasteiger charge is -2.36. The highest BCUT2D eigenvalue weighted by Crippen LogP contribution is 2.30. The maximum Gasteiger partial charge on any atom is 0.251 e. The molecule has 0 unspecified atom stereocenters. The van der Waals surface area contributed by atoms with Gasteiger partial charge in [0.15, 0.2) is 0 Å². The predicted molar refractivity (Wildman–Crippen MR) is 82.9 cm³/mol. The van der Waals surface area contributed by atoms with E-state index in [1.807, 2.05) is 25.1 Å². The van der Waals surface area contributed by atoms with Gasteiger partial charge in [0.25, 0.3) is 5.91 Å². The first-order chi connectivity index (χ1) is 9.06. The van der Waals surface area contributed by atoms with E-state index in [4.69, 9.17) is 11.6 Å². The van der Waals surface area contributed by atoms with Crippen molar-refractivity contribution in [2.75, 3.05) is 5.88 Å². The van der Waals surface area contributed by atoms with Crippen molar-refractivity contribution in [1.29, 1.82) is 0 Å². The Morgan fingerprint density at radius 1 is 1.37 bits per heavy atom. The minimum atomic E-state index is -0.214. The average Bonchev–Trinajstić information content (AvgIpc) is 2.43. The molecule has 0 spiro atoms. The van der Waals surface area contributed by atoms with Crippen molar-refractivity contribution in [3.63, 3.8) is 0 Å². The highest BCUT2D eigenvalue weighted by Gasteiger charge is 2.32. The van der Waals surface area contributed by atoms with Crippen LogP contribution in [0, 0.1) is 6.92 Å². The Bertz CT molecular complexity index is 469. The van der Waals surface area contributed by atoms with Gasteiger partial charge in [-0.1, -0.05) is 41.3 Å². The molecule has 1 aliphatic carbocycles. The summed E-state index contributed by atoms with van der Waals surface area (Å²) in [6.07, 6.45) is 5.49. The quantitative estimate of drug-likeness (QED) is 0.808. The Hall–Kier alpha value is -0.540. The molecule has 104 valence electrons. The van der Waals surface area contributed by atoms with E-state index < -0.39 is 0 Å². The van der Waals surface area contributed by atoms with Crippen LogP contribution in [-0.2, 0) is 0 Å². The minimum absolute atomic E-state index is 0.0248. The second kappa shape index (κ2) is 6.27. The normalized spacial score (nSPS) is 18.1. The first-order valence-electron chi connectivity index (χ1n) is 6.71. The summed E-state index contributed by atoms with van der Waals surface area (Å²) in [4.78, 5) is 12.3. The molecular formula is C15H19BrClNO. The Morgan fingerprint density at radius 2 is 2.05 bits per heavy atom. The van der Waals surface area contributed by atoms with Crippen LogP contribution >= 0.6 is 27.5 Å². The number of hydrogen-bond donors (Lipinski definition) is 1. The molecule has 0 aliphatic heterocycles. The molecule has 1 aromatic carbocycles. The maximum atomic E-state index is 12.3. The second-order valence-corrected chi connectivity index (χ2v) is 6.51. The fraction of sp³-hybridized carbons (Fsp3) is 0.533. The number of halogens is 2. The van der Waals surface area contributed by atoms with Crippen LogP contribution in [-0.4, -0.2) is 17.3 Å². The summed E-state index contributed by atoms with van der Waals surface area (Å²) in [5.74, 6) is 0.467. The number of carbonyl (C=O) groups is 1. The lowest BCUT2D eigenvalue weighted by Crippen LogP contribution is -2.51. The third kappa shape index (κ3) is 3.51. The number of alkyl halides is 1. The molecule has 1 amide bonds. The van der Waals surface area contributed by atoms with E-state index in [0.717, 1.165) is 35.7 Å². The Kier molecular flexibility index (Phi) is 4.91. The number of benzene rings is 1. The monoisotopic (exact) mass is 343 g/mol. The van der Waals surface area contributed by atoms with Gasteiger partial charge < -0.3 is 5.32 Å². The van der Waals surface area contributed by atoms with Gasteiger partial charge in [-0.3, -0.25) is 4.79 Å². The summed E-state index contributed by atoms with van der Waals surface area (Å²) in [5.41, 5.74) is 1.60. The molecule has 0 atom stereocenters. The molecular weight excluding hydrogens is 326 g/mol. The fourth-order valence-electron chi connectivity index (χ4n) is 2.57. The predicted octanol–water partition coefficient (Wildman–Crippen LogP) is 4.43. The van der Waals surface area contributed by atoms with E-state index in [2.05, 4.69) is 21.2 Å². The van der Waals surface area contributed by atoms with Gasteiger partial charge in [0.05, 0.1) is 5.54 Å². The minimum Gasteiger partial charge on any atom is -0.345 e. The second-order valence-electron chi connectivity index (χ2n) is 5.39. The Balaban J connectivity index is 2.12. The zero-order valence-electron chi connectivity index (χ0n) is 11.1. The van der Waals surface area contributed by atoms with Crippen LogP contribution in [0.1, 0.15) is 48.0 Å². The highest BCUT2D eigenvalue weighted by molar-refractivity contribution is 9.10. The number of rotatable bonds is 3. The van der Waals surface area contributed by atoms with E-state index in [9.17, 15) is 4.79 Å². The van der Waals surface area contributed by atoms with Crippen LogP contribution in [0.5, 0.6) is 0 Å². The molecule has 0 radical (unpaired) electrons. The van der Waals surface area contributed by atoms with Gasteiger partial charge in [-0.05, 0) is 37.5 Å². The number of aryl methyl sites for hydroxylation is 1. The van der Waals surface area contributed by atoms with Crippen LogP contribution in [0.4, 0.5) is 0 Å². The lowest BCUT2D eigenvalue weighted by atomic mass is 9.83. The molecule has 1 saturated carbocycles. The molecule has 0 aromatic heterocycles. The first kappa shape index (κ1) is 14.9. The maximum absolute atomic E-state index is 12.3. The molecule has 2 nitrogen and oxygen atoms in total. The van der Waals surface area contributed by atoms with Crippen molar-refractivity contribution in [2.45, 2.75) is 44.6 Å². The largest absolute Gasteiger partial charge is 0.345 e. The molecule has 0 heterocycles. The van der Waals surface area contributed by atoms with Crippen LogP contribution in [0.15, 0.2) is 22.7 Å². The number of nitrogens with one attached hydrogen (secondary N) is 1. The highest BCUT2D eigenvalue weighted by atomic mass is 79.9. The third-order valence-corrected chi connectivity index (χ3v) is 5.25. The number of hydrogen-bond acceptors (Lipinski definition) is 1. The SMILES string of the molecule is Cc1ccc(C(=O)NC2(CCl)CCCCC2)cc1Br. The van der Waals surface area contributed by atoms with Crippen molar-refractivity contribution in [1.82, 2.24) is 5.32 Å². The van der Waals surface area contributed by atoms with Crippen molar-refractivity contribution in [3.05, 3.63) is 33.8 Å². The summed E-state index contributed by atoms with van der Waals surface area (Å²) >= 11 is 9.57. The molecule has 0 saturated heterocycles. The van der Waals surface area contributed by atoms with Crippen LogP contribution in [0.2, 0.25) is 0 Å². The van der Waals surface area contributed by atoms with Gasteiger partial charge in [0.2, 0.25) is 0 Å². The van der Waals surface area contributed by atoms with Gasteiger partial charge in [-0.25, -0.2) is 0 Å². The van der Waals surface area contributed by atoms with E-state index >= 15 is 0 Å². The summed E-state index contributed by atoms with van der Waals surface area (Å²) in [5, 5.41) is 3.15. The van der Waals surface area contributed by atoms with Crippen molar-refractivity contribution >= 4 is 33.4 Å². The first-order valence-corrected chi connectivity index (χ1v) is 8.04. The van der Waals surface area contributed by atoms with Gasteiger partial charge in [0, 0.05) is 15.9 Å². The third-order valence-electron chi connectivity index (χ3n) is 3.88. The summed E-state index contributed by atoms with van der Waals surface area (Å²) in [7, 11) is 0. The van der Waals surface area contributed by atoms with Gasteiger partial charge in [-0.15, -0.1) is 11.6 Å². The van der Waals surface area contributed by atoms with E-state index in [1.165, 1.54) is 6.42 Å². The van der Waals surface area contributed by atoms with Crippen LogP contribution in [0.3, 0.4) is 0 Å². The van der Waals surface area contributed by atoms with E-state index in [0.29, 0.717) is 11.4 Å². The number of carbonyl (C=O) groups excluding carboxylic acids is 1. The smallest absolute Gasteiger partial charge is 0.251 e. The average molecular weight is 345 g/mol. The standard InChI is InChI=1S/C15H19BrClNO/c1-11-5-6-12(9-13(11)16)14(19)18-15(10-17)7-3-2-4-8-15/h5-6,9H,2-4,7-8,10H2,1H3,(H,18,19). The van der Waals surface area contributed by atoms with Crippen LogP contribution in [0.25, 0.3) is 0 Å². The van der Waals surface area contributed by atoms with Crippen molar-refractivity contribution < 1.29 is 4.79 Å². The van der Waals surface area contributed by atoms with E-state index in [-0.39, 0.29) is 11.4 Å². The molecule has 2 rings (SSSR count). The van der Waals surface area contributed by atoms with Gasteiger partial charge in [-0.2, -0.15) is 0 Å². The van der Waals surface area contributed by atoms with Crippen molar-refractivity contribution in [3.8, 4) is 0 Å². The fourth-order valence-corrected chi connectivity index (χ4v) is 3.28. The topological polar surface area (TPSA) is 29.1 Å². The molecule has 1 aliphatic rings. The molecule has 1 fully saturated rings. The number of amides is 1. The Morgan fingerprint density at radius 3 is 2.63 bits per heavy atom. The lowest BCUT2D eigenvalue weighted by molar-refractivity contribution is 0.0884. The molecule has 0 bridgehead atoms. The Labute approximate surface area is 128 Å². The van der Waals surface area contributed by atoms with Gasteiger partial charge in [0.1, 0.15) is 0 Å². The molecule has 4 heteroatoms. The summed E-state index contributed by atoms with van der Waals surface area (Å²) in [6, 6.07) is 5.68. The van der Waals surface area contributed by atoms with Crippen LogP contribution < -0.4 is 5.32 Å².